The molecule has 0 fully saturated rings. The molecule has 5 heteroatoms. The van der Waals surface area contributed by atoms with Crippen molar-refractivity contribution in [3.8, 4) is 0 Å². The molecule has 0 spiro atoms. The zero-order valence-corrected chi connectivity index (χ0v) is 14.6. The van der Waals surface area contributed by atoms with Crippen LogP contribution in [0.5, 0.6) is 0 Å². The molecule has 0 aliphatic rings. The molecule has 2 rings (SSSR count). The molecule has 1 atom stereocenters. The van der Waals surface area contributed by atoms with E-state index < -0.39 is 18.0 Å². The van der Waals surface area contributed by atoms with Gasteiger partial charge in [0.15, 0.2) is 0 Å². The van der Waals surface area contributed by atoms with E-state index in [1.54, 1.807) is 0 Å². The smallest absolute Gasteiger partial charge is 0.329 e. The third-order valence-corrected chi connectivity index (χ3v) is 3.91. The SMILES string of the molecule is CC(C)c1ccc(COC(=O)[C@H](Cc2ccccc2)NC(N)=O)cc1. The van der Waals surface area contributed by atoms with E-state index in [-0.39, 0.29) is 6.61 Å². The molecular formula is C20H24N2O3. The number of esters is 1. The highest BCUT2D eigenvalue weighted by Gasteiger charge is 2.22. The Morgan fingerprint density at radius 1 is 1.00 bits per heavy atom. The molecular weight excluding hydrogens is 316 g/mol. The van der Waals surface area contributed by atoms with Crippen molar-refractivity contribution in [3.63, 3.8) is 0 Å². The number of amides is 2. The number of nitrogens with one attached hydrogen (secondary N) is 1. The minimum Gasteiger partial charge on any atom is -0.459 e. The summed E-state index contributed by atoms with van der Waals surface area (Å²) in [6.07, 6.45) is 0.328. The third kappa shape index (κ3) is 5.95. The maximum Gasteiger partial charge on any atom is 0.329 e. The summed E-state index contributed by atoms with van der Waals surface area (Å²) in [6, 6.07) is 15.8. The lowest BCUT2D eigenvalue weighted by molar-refractivity contribution is -0.147. The molecule has 0 saturated carbocycles. The predicted octanol–water partition coefficient (Wildman–Crippen LogP) is 3.13. The molecule has 25 heavy (non-hydrogen) atoms. The molecule has 2 amide bonds. The van der Waals surface area contributed by atoms with Gasteiger partial charge in [0.1, 0.15) is 12.6 Å². The van der Waals surface area contributed by atoms with Crippen LogP contribution in [-0.2, 0) is 22.6 Å². The first-order valence-corrected chi connectivity index (χ1v) is 8.31. The quantitative estimate of drug-likeness (QED) is 0.760. The van der Waals surface area contributed by atoms with Crippen molar-refractivity contribution < 1.29 is 14.3 Å². The Labute approximate surface area is 148 Å². The number of carbonyl (C=O) groups excluding carboxylic acids is 2. The number of hydrogen-bond donors (Lipinski definition) is 2. The third-order valence-electron chi connectivity index (χ3n) is 3.91. The molecule has 0 aromatic heterocycles. The van der Waals surface area contributed by atoms with E-state index in [0.717, 1.165) is 11.1 Å². The predicted molar refractivity (Wildman–Crippen MR) is 97.0 cm³/mol. The summed E-state index contributed by atoms with van der Waals surface area (Å²) in [6.45, 7) is 4.40. The number of benzene rings is 2. The summed E-state index contributed by atoms with van der Waals surface area (Å²) in [5.74, 6) is -0.0535. The van der Waals surface area contributed by atoms with Crippen LogP contribution in [0.25, 0.3) is 0 Å². The maximum atomic E-state index is 12.3. The Balaban J connectivity index is 1.97. The molecule has 132 valence electrons. The fraction of sp³-hybridized carbons (Fsp3) is 0.300. The highest BCUT2D eigenvalue weighted by Crippen LogP contribution is 2.15. The van der Waals surface area contributed by atoms with E-state index in [4.69, 9.17) is 10.5 Å². The van der Waals surface area contributed by atoms with Crippen molar-refractivity contribution in [2.24, 2.45) is 5.73 Å². The van der Waals surface area contributed by atoms with Crippen molar-refractivity contribution in [2.45, 2.75) is 38.8 Å². The molecule has 0 unspecified atom stereocenters. The largest absolute Gasteiger partial charge is 0.459 e. The maximum absolute atomic E-state index is 12.3. The standard InChI is InChI=1S/C20H24N2O3/c1-14(2)17-10-8-16(9-11-17)13-25-19(23)18(22-20(21)24)12-15-6-4-3-5-7-15/h3-11,14,18H,12-13H2,1-2H3,(H3,21,22,24)/t18-/m0/s1. The van der Waals surface area contributed by atoms with Crippen LogP contribution in [0.1, 0.15) is 36.5 Å². The molecule has 5 nitrogen and oxygen atoms in total. The lowest BCUT2D eigenvalue weighted by Gasteiger charge is -2.17. The van der Waals surface area contributed by atoms with E-state index >= 15 is 0 Å². The first kappa shape index (κ1) is 18.5. The molecule has 0 bridgehead atoms. The molecule has 0 heterocycles. The number of rotatable bonds is 7. The zero-order chi connectivity index (χ0) is 18.2. The minimum atomic E-state index is -0.810. The second-order valence-electron chi connectivity index (χ2n) is 6.25. The van der Waals surface area contributed by atoms with Gasteiger partial charge in [-0.25, -0.2) is 9.59 Å². The van der Waals surface area contributed by atoms with Crippen LogP contribution in [0, 0.1) is 0 Å². The van der Waals surface area contributed by atoms with Crippen LogP contribution in [0.15, 0.2) is 54.6 Å². The van der Waals surface area contributed by atoms with Crippen LogP contribution in [0.2, 0.25) is 0 Å². The first-order valence-electron chi connectivity index (χ1n) is 8.31. The zero-order valence-electron chi connectivity index (χ0n) is 14.6. The van der Waals surface area contributed by atoms with E-state index in [9.17, 15) is 9.59 Å². The summed E-state index contributed by atoms with van der Waals surface area (Å²) in [5.41, 5.74) is 8.22. The van der Waals surface area contributed by atoms with Gasteiger partial charge in [-0.2, -0.15) is 0 Å². The summed E-state index contributed by atoms with van der Waals surface area (Å²) < 4.78 is 5.35. The van der Waals surface area contributed by atoms with Gasteiger partial charge in [0.2, 0.25) is 0 Å². The van der Waals surface area contributed by atoms with Gasteiger partial charge in [0, 0.05) is 6.42 Å². The summed E-state index contributed by atoms with van der Waals surface area (Å²) in [7, 11) is 0. The second kappa shape index (κ2) is 8.87. The highest BCUT2D eigenvalue weighted by atomic mass is 16.5. The number of carbonyl (C=O) groups is 2. The second-order valence-corrected chi connectivity index (χ2v) is 6.25. The van der Waals surface area contributed by atoms with Gasteiger partial charge in [-0.05, 0) is 22.6 Å². The molecule has 0 aliphatic heterocycles. The Morgan fingerprint density at radius 2 is 1.64 bits per heavy atom. The molecule has 0 saturated heterocycles. The Bertz CT molecular complexity index is 697. The fourth-order valence-electron chi connectivity index (χ4n) is 2.47. The van der Waals surface area contributed by atoms with Crippen LogP contribution in [-0.4, -0.2) is 18.0 Å². The van der Waals surface area contributed by atoms with E-state index in [2.05, 4.69) is 19.2 Å². The monoisotopic (exact) mass is 340 g/mol. The number of primary amides is 1. The lowest BCUT2D eigenvalue weighted by Crippen LogP contribution is -2.45. The van der Waals surface area contributed by atoms with Gasteiger partial charge < -0.3 is 15.8 Å². The molecule has 0 radical (unpaired) electrons. The summed E-state index contributed by atoms with van der Waals surface area (Å²) >= 11 is 0. The summed E-state index contributed by atoms with van der Waals surface area (Å²) in [4.78, 5) is 23.5. The fourth-order valence-corrected chi connectivity index (χ4v) is 2.47. The first-order chi connectivity index (χ1) is 12.0. The van der Waals surface area contributed by atoms with Gasteiger partial charge in [-0.15, -0.1) is 0 Å². The van der Waals surface area contributed by atoms with Crippen molar-refractivity contribution in [1.82, 2.24) is 5.32 Å². The topological polar surface area (TPSA) is 81.4 Å². The van der Waals surface area contributed by atoms with Gasteiger partial charge in [-0.1, -0.05) is 68.4 Å². The van der Waals surface area contributed by atoms with Gasteiger partial charge in [-0.3, -0.25) is 0 Å². The van der Waals surface area contributed by atoms with Crippen LogP contribution < -0.4 is 11.1 Å². The minimum absolute atomic E-state index is 0.156. The highest BCUT2D eigenvalue weighted by molar-refractivity contribution is 5.83. The van der Waals surface area contributed by atoms with Gasteiger partial charge in [0.05, 0.1) is 0 Å². The van der Waals surface area contributed by atoms with Crippen molar-refractivity contribution in [2.75, 3.05) is 0 Å². The Morgan fingerprint density at radius 3 is 2.20 bits per heavy atom. The van der Waals surface area contributed by atoms with E-state index in [1.807, 2.05) is 54.6 Å². The van der Waals surface area contributed by atoms with Crippen LogP contribution in [0.3, 0.4) is 0 Å². The van der Waals surface area contributed by atoms with Crippen molar-refractivity contribution in [1.29, 1.82) is 0 Å². The van der Waals surface area contributed by atoms with Crippen molar-refractivity contribution >= 4 is 12.0 Å². The number of urea groups is 1. The average Bonchev–Trinajstić information content (AvgIpc) is 2.60. The van der Waals surface area contributed by atoms with Crippen LogP contribution >= 0.6 is 0 Å². The van der Waals surface area contributed by atoms with Crippen molar-refractivity contribution in [3.05, 3.63) is 71.3 Å². The number of hydrogen-bond acceptors (Lipinski definition) is 3. The Hall–Kier alpha value is -2.82. The number of nitrogens with two attached hydrogens (primary N) is 1. The van der Waals surface area contributed by atoms with Gasteiger partial charge in [0.25, 0.3) is 0 Å². The summed E-state index contributed by atoms with van der Waals surface area (Å²) in [5, 5.41) is 2.45. The Kier molecular flexibility index (Phi) is 6.57. The molecule has 3 N–H and O–H groups in total. The molecule has 2 aromatic rings. The lowest BCUT2D eigenvalue weighted by atomic mass is 10.0. The molecule has 0 aliphatic carbocycles. The number of ether oxygens (including phenoxy) is 1. The van der Waals surface area contributed by atoms with Gasteiger partial charge >= 0.3 is 12.0 Å². The van der Waals surface area contributed by atoms with Crippen LogP contribution in [0.4, 0.5) is 4.79 Å². The van der Waals surface area contributed by atoms with E-state index in [1.165, 1.54) is 5.56 Å². The normalized spacial score (nSPS) is 11.8. The van der Waals surface area contributed by atoms with E-state index in [0.29, 0.717) is 12.3 Å². The molecule has 2 aromatic carbocycles. The average molecular weight is 340 g/mol.